The summed E-state index contributed by atoms with van der Waals surface area (Å²) in [5.41, 5.74) is -0.961. The number of carbonyl (C=O) groups excluding carboxylic acids is 1. The highest BCUT2D eigenvalue weighted by Gasteiger charge is 2.38. The highest BCUT2D eigenvalue weighted by molar-refractivity contribution is 5.98. The van der Waals surface area contributed by atoms with Gasteiger partial charge in [0.1, 0.15) is 5.69 Å². The van der Waals surface area contributed by atoms with E-state index in [4.69, 9.17) is 0 Å². The molecule has 1 aromatic heterocycles. The van der Waals surface area contributed by atoms with Crippen molar-refractivity contribution in [1.29, 1.82) is 0 Å². The minimum atomic E-state index is -4.70. The molecule has 0 bridgehead atoms. The number of hydrogen-bond acceptors (Lipinski definition) is 3. The quantitative estimate of drug-likeness (QED) is 0.615. The molecule has 3 rings (SSSR count). The second-order valence-corrected chi connectivity index (χ2v) is 5.87. The van der Waals surface area contributed by atoms with Gasteiger partial charge in [0.25, 0.3) is 0 Å². The van der Waals surface area contributed by atoms with Gasteiger partial charge in [-0.1, -0.05) is 48.5 Å². The van der Waals surface area contributed by atoms with Crippen molar-refractivity contribution >= 4 is 17.7 Å². The van der Waals surface area contributed by atoms with Gasteiger partial charge in [-0.15, -0.1) is 0 Å². The zero-order valence-electron chi connectivity index (χ0n) is 14.2. The Morgan fingerprint density at radius 3 is 2.32 bits per heavy atom. The number of aromatic carboxylic acids is 1. The van der Waals surface area contributed by atoms with E-state index in [1.54, 1.807) is 24.3 Å². The molecule has 1 heterocycles. The molecule has 9 heteroatoms. The van der Waals surface area contributed by atoms with E-state index in [9.17, 15) is 27.9 Å². The van der Waals surface area contributed by atoms with E-state index in [1.807, 2.05) is 5.10 Å². The lowest BCUT2D eigenvalue weighted by Gasteiger charge is -2.10. The van der Waals surface area contributed by atoms with Crippen molar-refractivity contribution < 1.29 is 27.9 Å². The number of carboxylic acid groups (broad SMARTS) is 1. The van der Waals surface area contributed by atoms with Gasteiger partial charge in [0, 0.05) is 0 Å². The highest BCUT2D eigenvalue weighted by Crippen LogP contribution is 2.39. The molecule has 0 aliphatic heterocycles. The van der Waals surface area contributed by atoms with Gasteiger partial charge in [0.15, 0.2) is 5.82 Å². The summed E-state index contributed by atoms with van der Waals surface area (Å²) < 4.78 is 40.0. The maximum absolute atomic E-state index is 13.3. The van der Waals surface area contributed by atoms with E-state index in [2.05, 4.69) is 10.4 Å². The van der Waals surface area contributed by atoms with Gasteiger partial charge in [-0.05, 0) is 17.2 Å². The molecule has 0 saturated heterocycles. The van der Waals surface area contributed by atoms with Crippen molar-refractivity contribution in [2.75, 3.05) is 5.32 Å². The first-order valence-electron chi connectivity index (χ1n) is 8.09. The minimum Gasteiger partial charge on any atom is -0.478 e. The molecule has 0 saturated carbocycles. The summed E-state index contributed by atoms with van der Waals surface area (Å²) >= 11 is 0. The summed E-state index contributed by atoms with van der Waals surface area (Å²) in [6.07, 6.45) is -5.03. The number of halogens is 3. The number of nitrogens with zero attached hydrogens (tertiary/aromatic N) is 1. The summed E-state index contributed by atoms with van der Waals surface area (Å²) in [7, 11) is 0. The zero-order chi connectivity index (χ0) is 20.3. The Hall–Kier alpha value is -3.62. The number of rotatable bonds is 5. The third kappa shape index (κ3) is 4.03. The third-order valence-electron chi connectivity index (χ3n) is 3.97. The summed E-state index contributed by atoms with van der Waals surface area (Å²) in [6.45, 7) is 0. The first-order chi connectivity index (χ1) is 13.3. The number of anilines is 1. The molecular formula is C19H14F3N3O3. The van der Waals surface area contributed by atoms with Crippen molar-refractivity contribution in [3.05, 3.63) is 71.4 Å². The number of carbonyl (C=O) groups is 2. The van der Waals surface area contributed by atoms with Crippen LogP contribution in [-0.4, -0.2) is 27.2 Å². The first-order valence-corrected chi connectivity index (χ1v) is 8.09. The van der Waals surface area contributed by atoms with Crippen LogP contribution in [0.2, 0.25) is 0 Å². The van der Waals surface area contributed by atoms with Crippen LogP contribution in [0.15, 0.2) is 54.6 Å². The summed E-state index contributed by atoms with van der Waals surface area (Å²) in [4.78, 5) is 23.6. The lowest BCUT2D eigenvalue weighted by atomic mass is 10.0. The molecule has 0 atom stereocenters. The Bertz CT molecular complexity index is 1010. The number of H-pyrrole nitrogens is 1. The van der Waals surface area contributed by atoms with Crippen LogP contribution >= 0.6 is 0 Å². The van der Waals surface area contributed by atoms with Gasteiger partial charge in [0.2, 0.25) is 5.91 Å². The maximum atomic E-state index is 13.3. The number of hydrogen-bond donors (Lipinski definition) is 3. The number of carboxylic acids is 1. The molecule has 0 aliphatic carbocycles. The zero-order valence-corrected chi connectivity index (χ0v) is 14.2. The van der Waals surface area contributed by atoms with Crippen molar-refractivity contribution in [2.24, 2.45) is 0 Å². The topological polar surface area (TPSA) is 95.1 Å². The third-order valence-corrected chi connectivity index (χ3v) is 3.97. The minimum absolute atomic E-state index is 0.0565. The Labute approximate surface area is 157 Å². The SMILES string of the molecule is O=C(Cc1ccccc1C(=O)O)Nc1n[nH]c(C(F)(F)F)c1-c1ccccc1. The van der Waals surface area contributed by atoms with Gasteiger partial charge in [-0.3, -0.25) is 9.89 Å². The number of aromatic amines is 1. The summed E-state index contributed by atoms with van der Waals surface area (Å²) in [5.74, 6) is -2.17. The average molecular weight is 389 g/mol. The van der Waals surface area contributed by atoms with Crippen molar-refractivity contribution in [3.63, 3.8) is 0 Å². The maximum Gasteiger partial charge on any atom is 0.433 e. The lowest BCUT2D eigenvalue weighted by molar-refractivity contribution is -0.140. The van der Waals surface area contributed by atoms with E-state index >= 15 is 0 Å². The van der Waals surface area contributed by atoms with Crippen molar-refractivity contribution in [2.45, 2.75) is 12.6 Å². The Morgan fingerprint density at radius 1 is 1.04 bits per heavy atom. The van der Waals surface area contributed by atoms with Crippen LogP contribution in [0, 0.1) is 0 Å². The molecule has 2 aromatic carbocycles. The van der Waals surface area contributed by atoms with Crippen LogP contribution < -0.4 is 5.32 Å². The fourth-order valence-electron chi connectivity index (χ4n) is 2.76. The molecule has 6 nitrogen and oxygen atoms in total. The molecule has 0 unspecified atom stereocenters. The highest BCUT2D eigenvalue weighted by atomic mass is 19.4. The molecule has 0 fully saturated rings. The standard InChI is InChI=1S/C19H14F3N3O3/c20-19(21,22)16-15(11-6-2-1-3-7-11)17(25-24-16)23-14(26)10-12-8-4-5-9-13(12)18(27)28/h1-9H,10H2,(H,27,28)(H2,23,24,25,26). The number of aromatic nitrogens is 2. The van der Waals surface area contributed by atoms with E-state index in [0.29, 0.717) is 0 Å². The van der Waals surface area contributed by atoms with Gasteiger partial charge in [-0.2, -0.15) is 18.3 Å². The average Bonchev–Trinajstić information content (AvgIpc) is 3.06. The molecule has 1 amide bonds. The second kappa shape index (κ2) is 7.55. The van der Waals surface area contributed by atoms with Crippen LogP contribution in [0.25, 0.3) is 11.1 Å². The largest absolute Gasteiger partial charge is 0.478 e. The molecule has 28 heavy (non-hydrogen) atoms. The van der Waals surface area contributed by atoms with Gasteiger partial charge < -0.3 is 10.4 Å². The summed E-state index contributed by atoms with van der Waals surface area (Å²) in [5, 5.41) is 17.1. The molecule has 0 radical (unpaired) electrons. The number of nitrogens with one attached hydrogen (secondary N) is 2. The van der Waals surface area contributed by atoms with Gasteiger partial charge in [-0.25, -0.2) is 4.79 Å². The Kier molecular flexibility index (Phi) is 5.16. The lowest BCUT2D eigenvalue weighted by Crippen LogP contribution is -2.17. The van der Waals surface area contributed by atoms with Crippen LogP contribution in [-0.2, 0) is 17.4 Å². The molecule has 0 spiro atoms. The van der Waals surface area contributed by atoms with Crippen LogP contribution in [0.3, 0.4) is 0 Å². The number of alkyl halides is 3. The van der Waals surface area contributed by atoms with Crippen LogP contribution in [0.5, 0.6) is 0 Å². The second-order valence-electron chi connectivity index (χ2n) is 5.87. The summed E-state index contributed by atoms with van der Waals surface area (Å²) in [6, 6.07) is 13.6. The van der Waals surface area contributed by atoms with Crippen LogP contribution in [0.4, 0.5) is 19.0 Å². The molecule has 144 valence electrons. The van der Waals surface area contributed by atoms with Crippen molar-refractivity contribution in [3.8, 4) is 11.1 Å². The smallest absolute Gasteiger partial charge is 0.433 e. The van der Waals surface area contributed by atoms with E-state index in [-0.39, 0.29) is 34.5 Å². The predicted molar refractivity (Wildman–Crippen MR) is 94.8 cm³/mol. The van der Waals surface area contributed by atoms with Gasteiger partial charge in [0.05, 0.1) is 17.5 Å². The van der Waals surface area contributed by atoms with E-state index in [0.717, 1.165) is 0 Å². The van der Waals surface area contributed by atoms with Crippen LogP contribution in [0.1, 0.15) is 21.6 Å². The fourth-order valence-corrected chi connectivity index (χ4v) is 2.76. The Morgan fingerprint density at radius 2 is 1.68 bits per heavy atom. The van der Waals surface area contributed by atoms with Crippen molar-refractivity contribution in [1.82, 2.24) is 10.2 Å². The van der Waals surface area contributed by atoms with E-state index < -0.39 is 23.7 Å². The number of amides is 1. The predicted octanol–water partition coefficient (Wildman–Crippen LogP) is 3.97. The normalized spacial score (nSPS) is 11.2. The monoisotopic (exact) mass is 389 g/mol. The fraction of sp³-hybridized carbons (Fsp3) is 0.105. The van der Waals surface area contributed by atoms with Gasteiger partial charge >= 0.3 is 12.1 Å². The van der Waals surface area contributed by atoms with E-state index in [1.165, 1.54) is 30.3 Å². The Balaban J connectivity index is 1.92. The first kappa shape index (κ1) is 19.2. The molecular weight excluding hydrogens is 375 g/mol. The molecule has 3 N–H and O–H groups in total. The molecule has 0 aliphatic rings. The number of benzene rings is 2. The molecule has 3 aromatic rings.